The van der Waals surface area contributed by atoms with Gasteiger partial charge in [-0.25, -0.2) is 0 Å². The van der Waals surface area contributed by atoms with E-state index in [9.17, 15) is 9.59 Å². The molecule has 2 aromatic carbocycles. The quantitative estimate of drug-likeness (QED) is 0.543. The molecule has 160 valence electrons. The number of carbonyl (C=O) groups excluding carboxylic acids is 2. The number of thiophene rings is 1. The lowest BCUT2D eigenvalue weighted by molar-refractivity contribution is -0.131. The first-order valence-corrected chi connectivity index (χ1v) is 11.3. The summed E-state index contributed by atoms with van der Waals surface area (Å²) in [5, 5.41) is 17.8. The Hall–Kier alpha value is -3.19. The average molecular weight is 435 g/mol. The van der Waals surface area contributed by atoms with Crippen LogP contribution < -0.4 is 10.6 Å². The average Bonchev–Trinajstić information content (AvgIpc) is 3.23. The van der Waals surface area contributed by atoms with Crippen molar-refractivity contribution >= 4 is 39.2 Å². The van der Waals surface area contributed by atoms with Crippen LogP contribution in [0.2, 0.25) is 0 Å². The zero-order valence-electron chi connectivity index (χ0n) is 17.7. The molecule has 1 atom stereocenters. The van der Waals surface area contributed by atoms with Crippen LogP contribution in [-0.2, 0) is 16.9 Å². The predicted octanol–water partition coefficient (Wildman–Crippen LogP) is 4.21. The number of carbonyl (C=O) groups is 2. The monoisotopic (exact) mass is 434 g/mol. The van der Waals surface area contributed by atoms with Crippen LogP contribution in [0.5, 0.6) is 0 Å². The molecule has 0 spiro atoms. The first-order chi connectivity index (χ1) is 14.9. The van der Waals surface area contributed by atoms with E-state index in [0.717, 1.165) is 22.9 Å². The third-order valence-electron chi connectivity index (χ3n) is 5.62. The maximum atomic E-state index is 13.0. The summed E-state index contributed by atoms with van der Waals surface area (Å²) >= 11 is 1.69. The molecule has 4 rings (SSSR count). The molecule has 1 aliphatic heterocycles. The lowest BCUT2D eigenvalue weighted by Gasteiger charge is -2.41. The van der Waals surface area contributed by atoms with Gasteiger partial charge in [0.1, 0.15) is 0 Å². The fourth-order valence-corrected chi connectivity index (χ4v) is 4.65. The fourth-order valence-electron chi connectivity index (χ4n) is 3.88. The molecule has 31 heavy (non-hydrogen) atoms. The number of nitrogens with one attached hydrogen (secondary N) is 3. The van der Waals surface area contributed by atoms with Crippen LogP contribution in [0.3, 0.4) is 0 Å². The van der Waals surface area contributed by atoms with Gasteiger partial charge in [0.2, 0.25) is 5.91 Å². The minimum atomic E-state index is -0.636. The molecule has 7 heteroatoms. The summed E-state index contributed by atoms with van der Waals surface area (Å²) in [6, 6.07) is 15.5. The highest BCUT2D eigenvalue weighted by molar-refractivity contribution is 7.17. The topological polar surface area (TPSA) is 85.3 Å². The highest BCUT2D eigenvalue weighted by Gasteiger charge is 2.39. The Kier molecular flexibility index (Phi) is 5.78. The summed E-state index contributed by atoms with van der Waals surface area (Å²) in [5.41, 5.74) is 1.73. The minimum Gasteiger partial charge on any atom is -0.352 e. The molecule has 1 aromatic heterocycles. The highest BCUT2D eigenvalue weighted by Crippen LogP contribution is 2.33. The lowest BCUT2D eigenvalue weighted by Crippen LogP contribution is -2.59. The van der Waals surface area contributed by atoms with Crippen LogP contribution >= 0.6 is 11.3 Å². The van der Waals surface area contributed by atoms with Gasteiger partial charge in [-0.2, -0.15) is 0 Å². The lowest BCUT2D eigenvalue weighted by atomic mass is 9.86. The summed E-state index contributed by atoms with van der Waals surface area (Å²) in [4.78, 5) is 26.7. The second-order valence-corrected chi connectivity index (χ2v) is 9.04. The second-order valence-electron chi connectivity index (χ2n) is 8.09. The Morgan fingerprint density at radius 2 is 2.10 bits per heavy atom. The van der Waals surface area contributed by atoms with Crippen LogP contribution in [0.1, 0.15) is 48.2 Å². The zero-order valence-corrected chi connectivity index (χ0v) is 18.5. The molecule has 2 amide bonds. The molecule has 0 radical (unpaired) electrons. The van der Waals surface area contributed by atoms with Crippen molar-refractivity contribution < 1.29 is 9.59 Å². The molecule has 0 saturated carbocycles. The van der Waals surface area contributed by atoms with E-state index in [1.807, 2.05) is 32.0 Å². The Bertz CT molecular complexity index is 1140. The van der Waals surface area contributed by atoms with E-state index in [0.29, 0.717) is 12.1 Å². The van der Waals surface area contributed by atoms with E-state index in [-0.39, 0.29) is 30.7 Å². The first kappa shape index (κ1) is 21.1. The normalized spacial score (nSPS) is 18.8. The van der Waals surface area contributed by atoms with Crippen molar-refractivity contribution in [3.63, 3.8) is 0 Å². The van der Waals surface area contributed by atoms with Gasteiger partial charge in [0.05, 0.1) is 18.5 Å². The van der Waals surface area contributed by atoms with Crippen molar-refractivity contribution in [2.75, 3.05) is 6.54 Å². The Labute approximate surface area is 185 Å². The first-order valence-electron chi connectivity index (χ1n) is 10.4. The maximum absolute atomic E-state index is 13.0. The van der Waals surface area contributed by atoms with E-state index >= 15 is 0 Å². The van der Waals surface area contributed by atoms with Gasteiger partial charge >= 0.3 is 0 Å². The van der Waals surface area contributed by atoms with Gasteiger partial charge < -0.3 is 10.6 Å². The molecule has 0 aliphatic carbocycles. The summed E-state index contributed by atoms with van der Waals surface area (Å²) < 4.78 is 1.20. The number of fused-ring (bicyclic) bond motifs is 1. The van der Waals surface area contributed by atoms with Crippen molar-refractivity contribution in [1.82, 2.24) is 15.5 Å². The van der Waals surface area contributed by atoms with E-state index in [2.05, 4.69) is 34.2 Å². The smallest absolute Gasteiger partial charge is 0.251 e. The number of hydrogen-bond acceptors (Lipinski definition) is 4. The molecule has 2 heterocycles. The molecule has 3 aromatic rings. The zero-order chi connectivity index (χ0) is 22.0. The molecule has 1 aliphatic rings. The van der Waals surface area contributed by atoms with Gasteiger partial charge in [-0.05, 0) is 65.6 Å². The van der Waals surface area contributed by atoms with E-state index in [1.165, 1.54) is 9.60 Å². The number of nitrogens with zero attached hydrogens (tertiary/aromatic N) is 1. The SMILES string of the molecule is CCCNC(=O)c1cccc(CN2C(=N)NC(C)(c3ccc4sccc4c3)CC2=O)c1. The van der Waals surface area contributed by atoms with Gasteiger partial charge in [0, 0.05) is 16.8 Å². The number of amides is 2. The number of benzene rings is 2. The third kappa shape index (κ3) is 4.32. The summed E-state index contributed by atoms with van der Waals surface area (Å²) in [7, 11) is 0. The summed E-state index contributed by atoms with van der Waals surface area (Å²) in [6.45, 7) is 4.84. The Balaban J connectivity index is 1.50. The highest BCUT2D eigenvalue weighted by atomic mass is 32.1. The van der Waals surface area contributed by atoms with Crippen LogP contribution in [0, 0.1) is 5.41 Å². The van der Waals surface area contributed by atoms with Crippen LogP contribution in [0.4, 0.5) is 0 Å². The van der Waals surface area contributed by atoms with Crippen molar-refractivity contribution in [2.45, 2.75) is 38.8 Å². The molecular weight excluding hydrogens is 408 g/mol. The van der Waals surface area contributed by atoms with Crippen LogP contribution in [0.15, 0.2) is 53.9 Å². The molecule has 1 saturated heterocycles. The van der Waals surface area contributed by atoms with Crippen molar-refractivity contribution in [3.8, 4) is 0 Å². The standard InChI is InChI=1S/C24H26N4O2S/c1-3-10-26-22(30)18-6-4-5-16(12-18)15-28-21(29)14-24(2,27-23(28)25)19-7-8-20-17(13-19)9-11-31-20/h4-9,11-13H,3,10,14-15H2,1-2H3,(H2,25,27)(H,26,30). The largest absolute Gasteiger partial charge is 0.352 e. The predicted molar refractivity (Wildman–Crippen MR) is 124 cm³/mol. The molecule has 1 unspecified atom stereocenters. The molecule has 6 nitrogen and oxygen atoms in total. The molecule has 3 N–H and O–H groups in total. The summed E-state index contributed by atoms with van der Waals surface area (Å²) in [6.07, 6.45) is 1.12. The van der Waals surface area contributed by atoms with Gasteiger partial charge in [-0.1, -0.05) is 25.1 Å². The Morgan fingerprint density at radius 1 is 1.26 bits per heavy atom. The number of hydrogen-bond donors (Lipinski definition) is 3. The third-order valence-corrected chi connectivity index (χ3v) is 6.52. The maximum Gasteiger partial charge on any atom is 0.251 e. The van der Waals surface area contributed by atoms with E-state index < -0.39 is 5.54 Å². The van der Waals surface area contributed by atoms with Crippen molar-refractivity contribution in [2.24, 2.45) is 0 Å². The molecular formula is C24H26N4O2S. The Morgan fingerprint density at radius 3 is 2.87 bits per heavy atom. The van der Waals surface area contributed by atoms with Crippen molar-refractivity contribution in [3.05, 3.63) is 70.6 Å². The molecule has 0 bridgehead atoms. The van der Waals surface area contributed by atoms with Gasteiger partial charge in [0.25, 0.3) is 5.91 Å². The number of guanidine groups is 1. The van der Waals surface area contributed by atoms with E-state index in [1.54, 1.807) is 23.5 Å². The molecule has 1 fully saturated rings. The number of rotatable bonds is 6. The summed E-state index contributed by atoms with van der Waals surface area (Å²) in [5.74, 6) is -0.166. The minimum absolute atomic E-state index is 0.0741. The van der Waals surface area contributed by atoms with Gasteiger partial charge in [-0.15, -0.1) is 11.3 Å². The van der Waals surface area contributed by atoms with Crippen LogP contribution in [0.25, 0.3) is 10.1 Å². The van der Waals surface area contributed by atoms with Gasteiger partial charge in [-0.3, -0.25) is 19.9 Å². The van der Waals surface area contributed by atoms with Crippen molar-refractivity contribution in [1.29, 1.82) is 5.41 Å². The van der Waals surface area contributed by atoms with Crippen LogP contribution in [-0.4, -0.2) is 29.2 Å². The second kappa shape index (κ2) is 8.51. The van der Waals surface area contributed by atoms with E-state index in [4.69, 9.17) is 5.41 Å². The fraction of sp³-hybridized carbons (Fsp3) is 0.292. The van der Waals surface area contributed by atoms with Gasteiger partial charge in [0.15, 0.2) is 5.96 Å².